The van der Waals surface area contributed by atoms with E-state index in [4.69, 9.17) is 11.0 Å². The maximum atomic E-state index is 12.2. The van der Waals surface area contributed by atoms with Crippen LogP contribution < -0.4 is 5.73 Å². The second-order valence-corrected chi connectivity index (χ2v) is 5.76. The number of fused-ring (bicyclic) bond motifs is 1. The van der Waals surface area contributed by atoms with Gasteiger partial charge in [-0.15, -0.1) is 0 Å². The molecular weight excluding hydrogens is 286 g/mol. The van der Waals surface area contributed by atoms with E-state index < -0.39 is 5.91 Å². The van der Waals surface area contributed by atoms with Gasteiger partial charge in [-0.25, -0.2) is 0 Å². The summed E-state index contributed by atoms with van der Waals surface area (Å²) in [5.74, 6) is -0.450. The van der Waals surface area contributed by atoms with Gasteiger partial charge in [0, 0.05) is 22.5 Å². The summed E-state index contributed by atoms with van der Waals surface area (Å²) in [6.07, 6.45) is 0. The van der Waals surface area contributed by atoms with E-state index >= 15 is 0 Å². The van der Waals surface area contributed by atoms with Crippen molar-refractivity contribution < 1.29 is 4.79 Å². The van der Waals surface area contributed by atoms with E-state index in [9.17, 15) is 4.79 Å². The summed E-state index contributed by atoms with van der Waals surface area (Å²) in [7, 11) is 0. The number of hydrogen-bond donors (Lipinski definition) is 1. The van der Waals surface area contributed by atoms with Crippen molar-refractivity contribution in [2.75, 3.05) is 0 Å². The highest BCUT2D eigenvalue weighted by molar-refractivity contribution is 6.10. The Morgan fingerprint density at radius 1 is 1.13 bits per heavy atom. The molecule has 0 fully saturated rings. The lowest BCUT2D eigenvalue weighted by molar-refractivity contribution is 0.0991. The van der Waals surface area contributed by atoms with Gasteiger partial charge in [0.2, 0.25) is 0 Å². The van der Waals surface area contributed by atoms with Crippen LogP contribution in [0.4, 0.5) is 0 Å². The minimum atomic E-state index is -0.450. The molecule has 1 aromatic heterocycles. The van der Waals surface area contributed by atoms with Gasteiger partial charge in [0.05, 0.1) is 11.6 Å². The van der Waals surface area contributed by atoms with Gasteiger partial charge in [0.15, 0.2) is 0 Å². The Morgan fingerprint density at radius 2 is 1.78 bits per heavy atom. The minimum Gasteiger partial charge on any atom is -0.364 e. The van der Waals surface area contributed by atoms with Gasteiger partial charge in [0.1, 0.15) is 5.69 Å². The molecule has 4 heteroatoms. The first-order valence-corrected chi connectivity index (χ1v) is 7.48. The number of carbonyl (C=O) groups excluding carboxylic acids is 1. The SMILES string of the molecule is CC(C)n1c(C(N)=O)c(-c2ccc(C#N)cc2)c2ccccc21. The predicted molar refractivity (Wildman–Crippen MR) is 91.0 cm³/mol. The zero-order chi connectivity index (χ0) is 16.6. The molecule has 0 bridgehead atoms. The largest absolute Gasteiger partial charge is 0.364 e. The molecule has 0 aliphatic carbocycles. The fourth-order valence-electron chi connectivity index (χ4n) is 3.05. The number of nitrogens with zero attached hydrogens (tertiary/aromatic N) is 2. The van der Waals surface area contributed by atoms with Gasteiger partial charge in [-0.3, -0.25) is 4.79 Å². The monoisotopic (exact) mass is 303 g/mol. The van der Waals surface area contributed by atoms with Gasteiger partial charge >= 0.3 is 0 Å². The number of amides is 1. The quantitative estimate of drug-likeness (QED) is 0.798. The summed E-state index contributed by atoms with van der Waals surface area (Å²) in [5, 5.41) is 9.95. The first kappa shape index (κ1) is 14.9. The van der Waals surface area contributed by atoms with Crippen molar-refractivity contribution in [2.45, 2.75) is 19.9 Å². The van der Waals surface area contributed by atoms with Crippen LogP contribution in [-0.4, -0.2) is 10.5 Å². The third kappa shape index (κ3) is 2.36. The zero-order valence-corrected chi connectivity index (χ0v) is 13.1. The molecule has 0 atom stereocenters. The third-order valence-corrected chi connectivity index (χ3v) is 3.96. The molecule has 4 nitrogen and oxygen atoms in total. The van der Waals surface area contributed by atoms with E-state index in [1.807, 2.05) is 54.8 Å². The van der Waals surface area contributed by atoms with Crippen molar-refractivity contribution in [2.24, 2.45) is 5.73 Å². The Bertz CT molecular complexity index is 928. The second kappa shape index (κ2) is 5.62. The van der Waals surface area contributed by atoms with Crippen molar-refractivity contribution in [3.8, 4) is 17.2 Å². The van der Waals surface area contributed by atoms with E-state index in [-0.39, 0.29) is 6.04 Å². The molecule has 0 saturated heterocycles. The van der Waals surface area contributed by atoms with Gasteiger partial charge < -0.3 is 10.3 Å². The van der Waals surface area contributed by atoms with Gasteiger partial charge in [0.25, 0.3) is 5.91 Å². The summed E-state index contributed by atoms with van der Waals surface area (Å²) in [6, 6.07) is 17.3. The molecule has 2 N–H and O–H groups in total. The van der Waals surface area contributed by atoms with Crippen LogP contribution in [0.15, 0.2) is 48.5 Å². The number of nitriles is 1. The van der Waals surface area contributed by atoms with Crippen LogP contribution in [0.25, 0.3) is 22.0 Å². The number of nitrogens with two attached hydrogens (primary N) is 1. The Morgan fingerprint density at radius 3 is 2.35 bits per heavy atom. The summed E-state index contributed by atoms with van der Waals surface area (Å²) in [4.78, 5) is 12.2. The van der Waals surface area contributed by atoms with Crippen molar-refractivity contribution in [1.29, 1.82) is 5.26 Å². The molecule has 1 heterocycles. The van der Waals surface area contributed by atoms with Crippen LogP contribution in [0.1, 0.15) is 35.9 Å². The summed E-state index contributed by atoms with van der Waals surface area (Å²) < 4.78 is 1.98. The predicted octanol–water partition coefficient (Wildman–Crippen LogP) is 3.86. The average Bonchev–Trinajstić information content (AvgIpc) is 2.90. The number of aromatic nitrogens is 1. The number of rotatable bonds is 3. The topological polar surface area (TPSA) is 71.8 Å². The lowest BCUT2D eigenvalue weighted by Gasteiger charge is -2.13. The van der Waals surface area contributed by atoms with Crippen LogP contribution in [-0.2, 0) is 0 Å². The number of carbonyl (C=O) groups is 1. The van der Waals surface area contributed by atoms with E-state index in [1.165, 1.54) is 0 Å². The smallest absolute Gasteiger partial charge is 0.266 e. The summed E-state index contributed by atoms with van der Waals surface area (Å²) >= 11 is 0. The number of hydrogen-bond acceptors (Lipinski definition) is 2. The third-order valence-electron chi connectivity index (χ3n) is 3.96. The molecule has 114 valence electrons. The van der Waals surface area contributed by atoms with Crippen molar-refractivity contribution in [1.82, 2.24) is 4.57 Å². The fourth-order valence-corrected chi connectivity index (χ4v) is 3.05. The number of benzene rings is 2. The van der Waals surface area contributed by atoms with Crippen LogP contribution in [0.3, 0.4) is 0 Å². The Kier molecular flexibility index (Phi) is 3.63. The highest BCUT2D eigenvalue weighted by Crippen LogP contribution is 2.36. The van der Waals surface area contributed by atoms with Crippen molar-refractivity contribution in [3.63, 3.8) is 0 Å². The molecule has 0 aliphatic rings. The maximum Gasteiger partial charge on any atom is 0.266 e. The minimum absolute atomic E-state index is 0.106. The molecule has 0 unspecified atom stereocenters. The normalized spacial score (nSPS) is 10.9. The van der Waals surface area contributed by atoms with Gasteiger partial charge in [-0.2, -0.15) is 5.26 Å². The molecule has 0 saturated carbocycles. The van der Waals surface area contributed by atoms with E-state index in [1.54, 1.807) is 12.1 Å². The Labute approximate surface area is 134 Å². The highest BCUT2D eigenvalue weighted by Gasteiger charge is 2.23. The highest BCUT2D eigenvalue weighted by atomic mass is 16.1. The fraction of sp³-hybridized carbons (Fsp3) is 0.158. The second-order valence-electron chi connectivity index (χ2n) is 5.76. The first-order valence-electron chi connectivity index (χ1n) is 7.48. The Hall–Kier alpha value is -3.06. The molecule has 0 radical (unpaired) electrons. The van der Waals surface area contributed by atoms with Crippen molar-refractivity contribution in [3.05, 3.63) is 59.8 Å². The first-order chi connectivity index (χ1) is 11.0. The molecule has 2 aromatic carbocycles. The van der Waals surface area contributed by atoms with E-state index in [0.29, 0.717) is 11.3 Å². The standard InChI is InChI=1S/C19H17N3O/c1-12(2)22-16-6-4-3-5-15(16)17(18(22)19(21)23)14-9-7-13(11-20)8-10-14/h3-10,12H,1-2H3,(H2,21,23). The summed E-state index contributed by atoms with van der Waals surface area (Å²) in [5.41, 5.74) is 9.48. The van der Waals surface area contributed by atoms with Gasteiger partial charge in [-0.05, 0) is 37.6 Å². The van der Waals surface area contributed by atoms with Gasteiger partial charge in [-0.1, -0.05) is 30.3 Å². The van der Waals surface area contributed by atoms with E-state index in [0.717, 1.165) is 22.0 Å². The lowest BCUT2D eigenvalue weighted by Crippen LogP contribution is -2.19. The van der Waals surface area contributed by atoms with Crippen LogP contribution in [0.5, 0.6) is 0 Å². The van der Waals surface area contributed by atoms with Crippen molar-refractivity contribution >= 4 is 16.8 Å². The molecule has 1 amide bonds. The Balaban J connectivity index is 2.41. The molecule has 3 aromatic rings. The lowest BCUT2D eigenvalue weighted by atomic mass is 10.0. The van der Waals surface area contributed by atoms with E-state index in [2.05, 4.69) is 6.07 Å². The average molecular weight is 303 g/mol. The molecule has 0 aliphatic heterocycles. The molecular formula is C19H17N3O. The maximum absolute atomic E-state index is 12.2. The zero-order valence-electron chi connectivity index (χ0n) is 13.1. The molecule has 23 heavy (non-hydrogen) atoms. The molecule has 3 rings (SSSR count). The number of primary amides is 1. The van der Waals surface area contributed by atoms with Crippen LogP contribution >= 0.6 is 0 Å². The molecule has 0 spiro atoms. The van der Waals surface area contributed by atoms with Crippen LogP contribution in [0, 0.1) is 11.3 Å². The van der Waals surface area contributed by atoms with Crippen LogP contribution in [0.2, 0.25) is 0 Å². The number of para-hydroxylation sites is 1. The summed E-state index contributed by atoms with van der Waals surface area (Å²) in [6.45, 7) is 4.06.